The van der Waals surface area contributed by atoms with Gasteiger partial charge in [-0.1, -0.05) is 80.1 Å². The molecule has 0 aliphatic carbocycles. The molecule has 4 aromatic carbocycles. The number of amides is 2. The van der Waals surface area contributed by atoms with Crippen LogP contribution in [0.2, 0.25) is 0 Å². The molecule has 0 saturated carbocycles. The Hall–Kier alpha value is -3.77. The van der Waals surface area contributed by atoms with Gasteiger partial charge in [0.05, 0.1) is 18.1 Å². The number of hydrogen-bond acceptors (Lipinski definition) is 5. The number of carbonyl (C=O) groups excluding carboxylic acids is 2. The molecule has 5 nitrogen and oxygen atoms in total. The first-order chi connectivity index (χ1) is 17.7. The molecule has 1 aliphatic rings. The second-order valence-electron chi connectivity index (χ2n) is 8.56. The molecule has 6 heteroatoms. The minimum Gasteiger partial charge on any atom is -0.493 e. The van der Waals surface area contributed by atoms with Gasteiger partial charge in [0, 0.05) is 10.9 Å². The van der Waals surface area contributed by atoms with Crippen molar-refractivity contribution in [3.05, 3.63) is 89.3 Å². The van der Waals surface area contributed by atoms with Crippen molar-refractivity contribution in [2.45, 2.75) is 19.8 Å². The summed E-state index contributed by atoms with van der Waals surface area (Å²) in [7, 11) is 0. The van der Waals surface area contributed by atoms with Crippen LogP contribution in [0.15, 0.2) is 83.8 Å². The van der Waals surface area contributed by atoms with Crippen molar-refractivity contribution in [1.82, 2.24) is 4.90 Å². The van der Waals surface area contributed by atoms with E-state index in [0.717, 1.165) is 57.5 Å². The number of unbranched alkanes of at least 4 members (excludes halogenated alkanes) is 1. The van der Waals surface area contributed by atoms with E-state index in [9.17, 15) is 9.59 Å². The lowest BCUT2D eigenvalue weighted by Gasteiger charge is -2.14. The molecule has 4 aromatic rings. The molecule has 0 spiro atoms. The van der Waals surface area contributed by atoms with E-state index in [1.165, 1.54) is 4.90 Å². The molecule has 36 heavy (non-hydrogen) atoms. The summed E-state index contributed by atoms with van der Waals surface area (Å²) in [5, 5.41) is 3.82. The molecule has 0 radical (unpaired) electrons. The van der Waals surface area contributed by atoms with Crippen LogP contribution in [-0.2, 0) is 4.79 Å². The first kappa shape index (κ1) is 23.9. The maximum Gasteiger partial charge on any atom is 0.293 e. The lowest BCUT2D eigenvalue weighted by Crippen LogP contribution is -2.32. The highest BCUT2D eigenvalue weighted by Crippen LogP contribution is 2.37. The highest BCUT2D eigenvalue weighted by atomic mass is 32.2. The van der Waals surface area contributed by atoms with E-state index >= 15 is 0 Å². The van der Waals surface area contributed by atoms with Crippen molar-refractivity contribution in [2.75, 3.05) is 19.8 Å². The summed E-state index contributed by atoms with van der Waals surface area (Å²) in [4.78, 5) is 27.6. The molecular formula is C30H27NO4S. The van der Waals surface area contributed by atoms with Crippen molar-refractivity contribution < 1.29 is 19.1 Å². The van der Waals surface area contributed by atoms with Gasteiger partial charge in [-0.05, 0) is 52.6 Å². The summed E-state index contributed by atoms with van der Waals surface area (Å²) in [6.07, 6.45) is 3.77. The number of carbonyl (C=O) groups is 2. The third-order valence-corrected chi connectivity index (χ3v) is 7.06. The van der Waals surface area contributed by atoms with Gasteiger partial charge >= 0.3 is 0 Å². The minimum absolute atomic E-state index is 0.181. The quantitative estimate of drug-likeness (QED) is 0.180. The molecule has 0 unspecified atom stereocenters. The van der Waals surface area contributed by atoms with E-state index in [4.69, 9.17) is 9.47 Å². The van der Waals surface area contributed by atoms with E-state index in [2.05, 4.69) is 6.92 Å². The van der Waals surface area contributed by atoms with Crippen LogP contribution in [0.25, 0.3) is 27.6 Å². The molecule has 182 valence electrons. The van der Waals surface area contributed by atoms with Crippen molar-refractivity contribution >= 4 is 50.5 Å². The van der Waals surface area contributed by atoms with Crippen molar-refractivity contribution in [3.63, 3.8) is 0 Å². The number of ether oxygens (including phenoxy) is 2. The zero-order valence-electron chi connectivity index (χ0n) is 20.1. The zero-order valence-corrected chi connectivity index (χ0v) is 20.9. The Morgan fingerprint density at radius 3 is 2.28 bits per heavy atom. The molecule has 5 rings (SSSR count). The Morgan fingerprint density at radius 1 is 0.778 bits per heavy atom. The standard InChI is InChI=1S/C30H27NO4S/c1-2-3-18-34-27-16-15-22-10-4-6-12-23(22)25(27)20-28-29(32)31(30(33)36-28)17-19-35-26-14-8-11-21-9-5-7-13-24(21)26/h4-16,20H,2-3,17-19H2,1H3/b28-20-. The summed E-state index contributed by atoms with van der Waals surface area (Å²) < 4.78 is 12.0. The third kappa shape index (κ3) is 4.95. The maximum atomic E-state index is 13.2. The molecule has 1 fully saturated rings. The van der Waals surface area contributed by atoms with E-state index in [-0.39, 0.29) is 24.3 Å². The molecule has 0 N–H and O–H groups in total. The van der Waals surface area contributed by atoms with Crippen LogP contribution in [0.1, 0.15) is 25.3 Å². The summed E-state index contributed by atoms with van der Waals surface area (Å²) in [6.45, 7) is 3.12. The average molecular weight is 498 g/mol. The summed E-state index contributed by atoms with van der Waals surface area (Å²) in [5.74, 6) is 1.15. The van der Waals surface area contributed by atoms with Gasteiger partial charge in [-0.25, -0.2) is 0 Å². The minimum atomic E-state index is -0.307. The predicted octanol–water partition coefficient (Wildman–Crippen LogP) is 7.29. The van der Waals surface area contributed by atoms with E-state index < -0.39 is 0 Å². The molecule has 1 aliphatic heterocycles. The average Bonchev–Trinajstić information content (AvgIpc) is 3.17. The first-order valence-corrected chi connectivity index (χ1v) is 13.0. The number of imide groups is 1. The van der Waals surface area contributed by atoms with Crippen molar-refractivity contribution in [3.8, 4) is 11.5 Å². The topological polar surface area (TPSA) is 55.8 Å². The normalized spacial score (nSPS) is 14.8. The van der Waals surface area contributed by atoms with Crippen molar-refractivity contribution in [2.24, 2.45) is 0 Å². The Labute approximate surface area is 214 Å². The van der Waals surface area contributed by atoms with Gasteiger partial charge in [-0.3, -0.25) is 14.5 Å². The van der Waals surface area contributed by atoms with Gasteiger partial charge in [-0.2, -0.15) is 0 Å². The summed E-state index contributed by atoms with van der Waals surface area (Å²) in [6, 6.07) is 25.8. The Balaban J connectivity index is 1.35. The Kier molecular flexibility index (Phi) is 7.23. The smallest absolute Gasteiger partial charge is 0.293 e. The summed E-state index contributed by atoms with van der Waals surface area (Å²) in [5.41, 5.74) is 0.821. The van der Waals surface area contributed by atoms with Gasteiger partial charge in [-0.15, -0.1) is 0 Å². The van der Waals surface area contributed by atoms with Gasteiger partial charge in [0.25, 0.3) is 11.1 Å². The predicted molar refractivity (Wildman–Crippen MR) is 146 cm³/mol. The highest BCUT2D eigenvalue weighted by Gasteiger charge is 2.35. The Morgan fingerprint density at radius 2 is 1.47 bits per heavy atom. The third-order valence-electron chi connectivity index (χ3n) is 6.16. The first-order valence-electron chi connectivity index (χ1n) is 12.2. The largest absolute Gasteiger partial charge is 0.493 e. The summed E-state index contributed by atoms with van der Waals surface area (Å²) >= 11 is 0.958. The fourth-order valence-electron chi connectivity index (χ4n) is 4.27. The fourth-order valence-corrected chi connectivity index (χ4v) is 5.12. The van der Waals surface area contributed by atoms with Crippen LogP contribution in [0.4, 0.5) is 4.79 Å². The zero-order chi connectivity index (χ0) is 24.9. The van der Waals surface area contributed by atoms with Gasteiger partial charge in [0.2, 0.25) is 0 Å². The van der Waals surface area contributed by atoms with Gasteiger partial charge in [0.1, 0.15) is 18.1 Å². The monoisotopic (exact) mass is 497 g/mol. The van der Waals surface area contributed by atoms with Crippen LogP contribution in [0, 0.1) is 0 Å². The van der Waals surface area contributed by atoms with Gasteiger partial charge < -0.3 is 9.47 Å². The van der Waals surface area contributed by atoms with E-state index in [0.29, 0.717) is 17.3 Å². The maximum absolute atomic E-state index is 13.2. The van der Waals surface area contributed by atoms with Crippen LogP contribution < -0.4 is 9.47 Å². The molecule has 1 saturated heterocycles. The number of rotatable bonds is 9. The molecule has 2 amide bonds. The van der Waals surface area contributed by atoms with Gasteiger partial charge in [0.15, 0.2) is 0 Å². The van der Waals surface area contributed by atoms with Crippen LogP contribution in [0.3, 0.4) is 0 Å². The number of benzene rings is 4. The lowest BCUT2D eigenvalue weighted by atomic mass is 10.0. The highest BCUT2D eigenvalue weighted by molar-refractivity contribution is 8.18. The SMILES string of the molecule is CCCCOc1ccc2ccccc2c1/C=C1\SC(=O)N(CCOc2cccc3ccccc23)C1=O. The van der Waals surface area contributed by atoms with Crippen molar-refractivity contribution in [1.29, 1.82) is 0 Å². The molecule has 0 aromatic heterocycles. The number of hydrogen-bond donors (Lipinski definition) is 0. The number of thioether (sulfide) groups is 1. The second kappa shape index (κ2) is 10.9. The Bertz CT molecular complexity index is 1460. The van der Waals surface area contributed by atoms with E-state index in [1.54, 1.807) is 6.08 Å². The van der Waals surface area contributed by atoms with Crippen LogP contribution in [-0.4, -0.2) is 35.8 Å². The number of nitrogens with zero attached hydrogens (tertiary/aromatic N) is 1. The van der Waals surface area contributed by atoms with Crippen LogP contribution in [0.5, 0.6) is 11.5 Å². The van der Waals surface area contributed by atoms with Crippen LogP contribution >= 0.6 is 11.8 Å². The number of fused-ring (bicyclic) bond motifs is 2. The fraction of sp³-hybridized carbons (Fsp3) is 0.200. The molecule has 0 atom stereocenters. The molecule has 1 heterocycles. The second-order valence-corrected chi connectivity index (χ2v) is 9.55. The van der Waals surface area contributed by atoms with E-state index in [1.807, 2.05) is 78.9 Å². The lowest BCUT2D eigenvalue weighted by molar-refractivity contribution is -0.123. The molecular weight excluding hydrogens is 470 g/mol. The molecule has 0 bridgehead atoms.